The van der Waals surface area contributed by atoms with Crippen LogP contribution in [-0.4, -0.2) is 18.1 Å². The Kier molecular flexibility index (Phi) is 2.93. The van der Waals surface area contributed by atoms with Gasteiger partial charge in [0.05, 0.1) is 16.5 Å². The van der Waals surface area contributed by atoms with Crippen molar-refractivity contribution in [1.29, 1.82) is 0 Å². The van der Waals surface area contributed by atoms with Crippen molar-refractivity contribution in [3.8, 4) is 0 Å². The van der Waals surface area contributed by atoms with E-state index in [9.17, 15) is 0 Å². The highest BCUT2D eigenvalue weighted by Gasteiger charge is 2.27. The number of ether oxygens (including phenoxy) is 1. The molecule has 4 heteroatoms. The second kappa shape index (κ2) is 4.17. The largest absolute Gasteiger partial charge is 0.372 e. The Morgan fingerprint density at radius 3 is 3.31 bits per heavy atom. The fourth-order valence-corrected chi connectivity index (χ4v) is 2.53. The Morgan fingerprint density at radius 1 is 1.69 bits per heavy atom. The summed E-state index contributed by atoms with van der Waals surface area (Å²) in [7, 11) is 0. The van der Waals surface area contributed by atoms with Gasteiger partial charge in [-0.15, -0.1) is 11.3 Å². The van der Waals surface area contributed by atoms with E-state index in [1.807, 2.05) is 11.7 Å². The zero-order valence-electron chi connectivity index (χ0n) is 7.48. The third-order valence-corrected chi connectivity index (χ3v) is 3.32. The maximum Gasteiger partial charge on any atom is 0.0972 e. The highest BCUT2D eigenvalue weighted by Crippen LogP contribution is 2.34. The molecule has 0 aliphatic carbocycles. The summed E-state index contributed by atoms with van der Waals surface area (Å²) in [5.41, 5.74) is 7.55. The molecule has 2 unspecified atom stereocenters. The summed E-state index contributed by atoms with van der Waals surface area (Å²) in [6.45, 7) is 1.57. The SMILES string of the molecule is NCC1CCCOC1c1cncs1. The Hall–Kier alpha value is -0.450. The van der Waals surface area contributed by atoms with Crippen molar-refractivity contribution in [2.24, 2.45) is 11.7 Å². The smallest absolute Gasteiger partial charge is 0.0972 e. The average Bonchev–Trinajstić information content (AvgIpc) is 2.70. The third-order valence-electron chi connectivity index (χ3n) is 2.48. The van der Waals surface area contributed by atoms with E-state index in [2.05, 4.69) is 4.98 Å². The van der Waals surface area contributed by atoms with E-state index < -0.39 is 0 Å². The second-order valence-corrected chi connectivity index (χ2v) is 4.25. The number of rotatable bonds is 2. The van der Waals surface area contributed by atoms with Crippen LogP contribution in [0.4, 0.5) is 0 Å². The van der Waals surface area contributed by atoms with Gasteiger partial charge in [0.15, 0.2) is 0 Å². The molecule has 0 spiro atoms. The lowest BCUT2D eigenvalue weighted by Gasteiger charge is -2.29. The van der Waals surface area contributed by atoms with Crippen LogP contribution in [0.2, 0.25) is 0 Å². The molecule has 1 aliphatic rings. The summed E-state index contributed by atoms with van der Waals surface area (Å²) in [5.74, 6) is 0.481. The molecule has 1 aromatic rings. The Balaban J connectivity index is 2.11. The molecule has 0 aromatic carbocycles. The number of hydrogen-bond acceptors (Lipinski definition) is 4. The van der Waals surface area contributed by atoms with Crippen molar-refractivity contribution < 1.29 is 4.74 Å². The van der Waals surface area contributed by atoms with Gasteiger partial charge >= 0.3 is 0 Å². The number of hydrogen-bond donors (Lipinski definition) is 1. The summed E-state index contributed by atoms with van der Waals surface area (Å²) >= 11 is 1.66. The zero-order chi connectivity index (χ0) is 9.10. The lowest BCUT2D eigenvalue weighted by atomic mass is 9.94. The first-order valence-electron chi connectivity index (χ1n) is 4.62. The van der Waals surface area contributed by atoms with Gasteiger partial charge in [-0.1, -0.05) is 0 Å². The van der Waals surface area contributed by atoms with Gasteiger partial charge in [-0.05, 0) is 19.4 Å². The van der Waals surface area contributed by atoms with Crippen LogP contribution >= 0.6 is 11.3 Å². The van der Waals surface area contributed by atoms with Crippen molar-refractivity contribution in [2.45, 2.75) is 18.9 Å². The molecule has 1 aromatic heterocycles. The van der Waals surface area contributed by atoms with Gasteiger partial charge in [0.25, 0.3) is 0 Å². The molecule has 2 atom stereocenters. The predicted octanol–water partition coefficient (Wildman–Crippen LogP) is 1.57. The van der Waals surface area contributed by atoms with Crippen molar-refractivity contribution in [3.63, 3.8) is 0 Å². The third kappa shape index (κ3) is 1.90. The maximum absolute atomic E-state index is 5.72. The van der Waals surface area contributed by atoms with Crippen molar-refractivity contribution in [1.82, 2.24) is 4.98 Å². The molecular weight excluding hydrogens is 184 g/mol. The van der Waals surface area contributed by atoms with Gasteiger partial charge in [0, 0.05) is 18.7 Å². The normalized spacial score (nSPS) is 29.0. The monoisotopic (exact) mass is 198 g/mol. The summed E-state index contributed by atoms with van der Waals surface area (Å²) < 4.78 is 5.72. The Labute approximate surface area is 81.9 Å². The molecule has 0 saturated carbocycles. The molecule has 2 N–H and O–H groups in total. The second-order valence-electron chi connectivity index (χ2n) is 3.33. The topological polar surface area (TPSA) is 48.1 Å². The van der Waals surface area contributed by atoms with E-state index >= 15 is 0 Å². The number of nitrogens with two attached hydrogens (primary N) is 1. The quantitative estimate of drug-likeness (QED) is 0.784. The van der Waals surface area contributed by atoms with Gasteiger partial charge in [0.1, 0.15) is 0 Å². The zero-order valence-corrected chi connectivity index (χ0v) is 8.30. The molecule has 2 rings (SSSR count). The van der Waals surface area contributed by atoms with Crippen molar-refractivity contribution >= 4 is 11.3 Å². The molecule has 0 bridgehead atoms. The van der Waals surface area contributed by atoms with Crippen LogP contribution in [0.25, 0.3) is 0 Å². The van der Waals surface area contributed by atoms with E-state index in [0.29, 0.717) is 12.5 Å². The number of nitrogens with zero attached hydrogens (tertiary/aromatic N) is 1. The molecule has 13 heavy (non-hydrogen) atoms. The first-order chi connectivity index (χ1) is 6.42. The molecular formula is C9H14N2OS. The highest BCUT2D eigenvalue weighted by atomic mass is 32.1. The van der Waals surface area contributed by atoms with Crippen LogP contribution in [0.1, 0.15) is 23.8 Å². The molecule has 72 valence electrons. The molecule has 1 saturated heterocycles. The summed E-state index contributed by atoms with van der Waals surface area (Å²) in [6, 6.07) is 0. The minimum Gasteiger partial charge on any atom is -0.372 e. The van der Waals surface area contributed by atoms with Crippen LogP contribution in [0.15, 0.2) is 11.7 Å². The molecule has 3 nitrogen and oxygen atoms in total. The van der Waals surface area contributed by atoms with E-state index in [0.717, 1.165) is 13.0 Å². The number of aromatic nitrogens is 1. The van der Waals surface area contributed by atoms with Crippen LogP contribution in [0, 0.1) is 5.92 Å². The highest BCUT2D eigenvalue weighted by molar-refractivity contribution is 7.09. The fourth-order valence-electron chi connectivity index (χ4n) is 1.77. The van der Waals surface area contributed by atoms with Crippen LogP contribution in [0.5, 0.6) is 0 Å². The van der Waals surface area contributed by atoms with Gasteiger partial charge in [-0.25, -0.2) is 0 Å². The Bertz CT molecular complexity index is 250. The summed E-state index contributed by atoms with van der Waals surface area (Å²) in [4.78, 5) is 5.28. The molecule has 0 radical (unpaired) electrons. The molecule has 1 fully saturated rings. The standard InChI is InChI=1S/C9H14N2OS/c10-4-7-2-1-3-12-9(7)8-5-11-6-13-8/h5-7,9H,1-4,10H2. The summed E-state index contributed by atoms with van der Waals surface area (Å²) in [6.07, 6.45) is 4.41. The van der Waals surface area contributed by atoms with Crippen molar-refractivity contribution in [2.75, 3.05) is 13.2 Å². The predicted molar refractivity (Wildman–Crippen MR) is 52.6 cm³/mol. The van der Waals surface area contributed by atoms with E-state index in [-0.39, 0.29) is 6.10 Å². The fraction of sp³-hybridized carbons (Fsp3) is 0.667. The first kappa shape index (κ1) is 9.12. The minimum absolute atomic E-state index is 0.200. The first-order valence-corrected chi connectivity index (χ1v) is 5.50. The maximum atomic E-state index is 5.72. The lowest BCUT2D eigenvalue weighted by molar-refractivity contribution is -0.0231. The van der Waals surface area contributed by atoms with Gasteiger partial charge in [0.2, 0.25) is 0 Å². The lowest BCUT2D eigenvalue weighted by Crippen LogP contribution is -2.28. The molecule has 1 aliphatic heterocycles. The molecule has 2 heterocycles. The number of thiazole rings is 1. The van der Waals surface area contributed by atoms with E-state index in [1.54, 1.807) is 11.3 Å². The van der Waals surface area contributed by atoms with Crippen LogP contribution < -0.4 is 5.73 Å². The van der Waals surface area contributed by atoms with E-state index in [1.165, 1.54) is 11.3 Å². The van der Waals surface area contributed by atoms with Gasteiger partial charge in [-0.3, -0.25) is 4.98 Å². The van der Waals surface area contributed by atoms with E-state index in [4.69, 9.17) is 10.5 Å². The van der Waals surface area contributed by atoms with Crippen molar-refractivity contribution in [3.05, 3.63) is 16.6 Å². The van der Waals surface area contributed by atoms with Gasteiger partial charge in [-0.2, -0.15) is 0 Å². The average molecular weight is 198 g/mol. The summed E-state index contributed by atoms with van der Waals surface area (Å²) in [5, 5.41) is 0. The van der Waals surface area contributed by atoms with Gasteiger partial charge < -0.3 is 10.5 Å². The van der Waals surface area contributed by atoms with Crippen LogP contribution in [-0.2, 0) is 4.74 Å². The Morgan fingerprint density at radius 2 is 2.62 bits per heavy atom. The van der Waals surface area contributed by atoms with Crippen LogP contribution in [0.3, 0.4) is 0 Å². The minimum atomic E-state index is 0.200. The molecule has 0 amide bonds.